The number of rotatable bonds is 26. The number of benzene rings is 2. The van der Waals surface area contributed by atoms with Crippen LogP contribution in [0.2, 0.25) is 5.02 Å². The van der Waals surface area contributed by atoms with Gasteiger partial charge in [0.25, 0.3) is 17.7 Å². The maximum atomic E-state index is 13.3. The van der Waals surface area contributed by atoms with Crippen LogP contribution in [0.25, 0.3) is 0 Å². The lowest BCUT2D eigenvalue weighted by molar-refractivity contribution is -0.125. The number of allylic oxidation sites excluding steroid dienone is 1. The number of hydrogen-bond donors (Lipinski definition) is 4. The Kier molecular flexibility index (Phi) is 19.2. The first kappa shape index (κ1) is 52.0. The third-order valence-corrected chi connectivity index (χ3v) is 13.5. The predicted molar refractivity (Wildman–Crippen MR) is 270 cm³/mol. The molecule has 7 rings (SSSR count). The van der Waals surface area contributed by atoms with Crippen molar-refractivity contribution in [2.75, 3.05) is 93.2 Å². The summed E-state index contributed by atoms with van der Waals surface area (Å²) in [4.78, 5) is 84.6. The van der Waals surface area contributed by atoms with Crippen LogP contribution in [0.4, 0.5) is 28.1 Å². The Balaban J connectivity index is 0.658. The topological polar surface area (TPSA) is 210 Å². The molecule has 2 aromatic carbocycles. The Bertz CT molecular complexity index is 2480. The maximum absolute atomic E-state index is 13.3. The van der Waals surface area contributed by atoms with E-state index in [9.17, 15) is 24.0 Å². The molecule has 2 saturated heterocycles. The van der Waals surface area contributed by atoms with Crippen molar-refractivity contribution in [1.82, 2.24) is 30.1 Å². The number of fused-ring (bicyclic) bond motifs is 1. The molecule has 0 spiro atoms. The summed E-state index contributed by atoms with van der Waals surface area (Å²) >= 11 is 7.54. The number of aryl methyl sites for hydroxylation is 2. The molecule has 0 radical (unpaired) electrons. The molecule has 70 heavy (non-hydrogen) atoms. The minimum absolute atomic E-state index is 0.118. The Morgan fingerprint density at radius 2 is 1.54 bits per heavy atom. The number of imide groups is 1. The number of amides is 5. The van der Waals surface area contributed by atoms with Crippen molar-refractivity contribution >= 4 is 80.6 Å². The van der Waals surface area contributed by atoms with Gasteiger partial charge in [0.1, 0.15) is 28.4 Å². The van der Waals surface area contributed by atoms with E-state index >= 15 is 0 Å². The fourth-order valence-electron chi connectivity index (χ4n) is 8.50. The van der Waals surface area contributed by atoms with E-state index in [0.29, 0.717) is 90.4 Å². The third kappa shape index (κ3) is 14.4. The number of carbonyl (C=O) groups is 5. The van der Waals surface area contributed by atoms with E-state index < -0.39 is 23.8 Å². The molecule has 4 aromatic rings. The van der Waals surface area contributed by atoms with Gasteiger partial charge in [-0.25, -0.2) is 15.0 Å². The number of halogens is 1. The average molecular weight is 1000 g/mol. The zero-order chi connectivity index (χ0) is 49.4. The van der Waals surface area contributed by atoms with Crippen LogP contribution in [0, 0.1) is 13.8 Å². The number of hydrogen-bond acceptors (Lipinski definition) is 15. The Morgan fingerprint density at radius 3 is 2.27 bits per heavy atom. The average Bonchev–Trinajstić information content (AvgIpc) is 3.91. The molecule has 3 aliphatic rings. The molecule has 5 heterocycles. The van der Waals surface area contributed by atoms with Gasteiger partial charge in [-0.05, 0) is 82.7 Å². The van der Waals surface area contributed by atoms with Crippen molar-refractivity contribution in [3.05, 3.63) is 93.4 Å². The molecule has 0 aliphatic carbocycles. The molecule has 374 valence electrons. The molecule has 20 heteroatoms. The zero-order valence-corrected chi connectivity index (χ0v) is 41.6. The summed E-state index contributed by atoms with van der Waals surface area (Å²) in [5, 5.41) is 12.6. The summed E-state index contributed by atoms with van der Waals surface area (Å²) in [6, 6.07) is 11.3. The van der Waals surface area contributed by atoms with Crippen LogP contribution >= 0.6 is 22.9 Å². The van der Waals surface area contributed by atoms with Crippen LogP contribution in [0.3, 0.4) is 0 Å². The van der Waals surface area contributed by atoms with Gasteiger partial charge in [-0.15, -0.1) is 0 Å². The number of piperidine rings is 1. The van der Waals surface area contributed by atoms with E-state index in [1.54, 1.807) is 24.4 Å². The van der Waals surface area contributed by atoms with Gasteiger partial charge in [0.2, 0.25) is 11.8 Å². The fraction of sp³-hybridized carbons (Fsp3) is 0.480. The molecule has 3 aliphatic heterocycles. The van der Waals surface area contributed by atoms with Gasteiger partial charge >= 0.3 is 0 Å². The highest BCUT2D eigenvalue weighted by Crippen LogP contribution is 2.33. The normalized spacial score (nSPS) is 16.1. The minimum Gasteiger partial charge on any atom is -0.379 e. The van der Waals surface area contributed by atoms with Gasteiger partial charge in [-0.2, -0.15) is 0 Å². The smallest absolute Gasteiger partial charge is 0.267 e. The second-order valence-corrected chi connectivity index (χ2v) is 18.9. The van der Waals surface area contributed by atoms with Crippen molar-refractivity contribution in [3.8, 4) is 0 Å². The number of unbranched alkanes of at least 4 members (excludes halogenated alkanes) is 5. The van der Waals surface area contributed by atoms with Gasteiger partial charge in [-0.1, -0.05) is 67.0 Å². The number of nitrogens with zero attached hydrogens (tertiary/aromatic N) is 6. The zero-order valence-electron chi connectivity index (χ0n) is 40.0. The lowest BCUT2D eigenvalue weighted by Gasteiger charge is -2.35. The first-order valence-electron chi connectivity index (χ1n) is 24.1. The molecule has 4 N–H and O–H groups in total. The lowest BCUT2D eigenvalue weighted by atomic mass is 10.0. The number of anilines is 5. The number of ether oxygens (including phenoxy) is 3. The summed E-state index contributed by atoms with van der Waals surface area (Å²) < 4.78 is 17.1. The molecule has 1 atom stereocenters. The van der Waals surface area contributed by atoms with Crippen molar-refractivity contribution in [2.24, 2.45) is 0 Å². The van der Waals surface area contributed by atoms with Crippen molar-refractivity contribution in [3.63, 3.8) is 0 Å². The van der Waals surface area contributed by atoms with Crippen LogP contribution in [-0.2, 0) is 23.8 Å². The number of carbonyl (C=O) groups excluding carboxylic acids is 5. The second kappa shape index (κ2) is 25.9. The molecule has 1 unspecified atom stereocenters. The molecule has 2 aromatic heterocycles. The van der Waals surface area contributed by atoms with Crippen LogP contribution < -0.4 is 26.2 Å². The standard InChI is InChI=1S/C50H63ClN10O8S/c1-33-13-11-15-37(51)45(33)58-47(64)40-32-52-50(70-40)57-41-31-42(55-35(3)54-41)60-23-21-59(22-24-60)20-8-4-5-9-25-67-27-29-69-30-28-68-26-10-6-7-17-43(62)56-38-16-12-14-36-44(38)49(66)61(48(36)65)39-19-18-34(2)53-46(39)63/h11-16,31-32,39H,2,4-10,17-30H2,1,3H3,(H,53,63)(H,56,62)(H,58,64)(H,52,54,55,57). The fourth-order valence-corrected chi connectivity index (χ4v) is 9.49. The largest absolute Gasteiger partial charge is 0.379 e. The summed E-state index contributed by atoms with van der Waals surface area (Å²) in [6.45, 7) is 15.6. The van der Waals surface area contributed by atoms with E-state index in [1.807, 2.05) is 32.0 Å². The van der Waals surface area contributed by atoms with Gasteiger partial charge < -0.3 is 40.4 Å². The van der Waals surface area contributed by atoms with Gasteiger partial charge in [0.05, 0.1) is 60.1 Å². The van der Waals surface area contributed by atoms with Crippen LogP contribution in [0.15, 0.2) is 60.9 Å². The molecule has 18 nitrogen and oxygen atoms in total. The molecule has 0 saturated carbocycles. The highest BCUT2D eigenvalue weighted by Gasteiger charge is 2.45. The first-order chi connectivity index (χ1) is 33.9. The summed E-state index contributed by atoms with van der Waals surface area (Å²) in [5.74, 6) is 0.0706. The SMILES string of the molecule is C=C1CCC(N2C(=O)c3cccc(NC(=O)CCCCCOCCOCCOCCCCCCN4CCN(c5cc(Nc6ncc(C(=O)Nc7c(C)cccc7Cl)s6)nc(C)n5)CC4)c3C2=O)C(=O)N1. The first-order valence-corrected chi connectivity index (χ1v) is 25.3. The molecular formula is C50H63ClN10O8S. The lowest BCUT2D eigenvalue weighted by Crippen LogP contribution is -2.51. The number of para-hydroxylation sites is 1. The predicted octanol–water partition coefficient (Wildman–Crippen LogP) is 7.52. The molecule has 5 amide bonds. The Hall–Kier alpha value is -5.83. The number of nitrogens with one attached hydrogen (secondary N) is 4. The summed E-state index contributed by atoms with van der Waals surface area (Å²) in [7, 11) is 0. The van der Waals surface area contributed by atoms with E-state index in [1.165, 1.54) is 17.4 Å². The quantitative estimate of drug-likeness (QED) is 0.0355. The second-order valence-electron chi connectivity index (χ2n) is 17.5. The van der Waals surface area contributed by atoms with E-state index in [2.05, 4.69) is 47.6 Å². The van der Waals surface area contributed by atoms with Gasteiger partial charge in [0.15, 0.2) is 5.13 Å². The minimum atomic E-state index is -0.914. The summed E-state index contributed by atoms with van der Waals surface area (Å²) in [6.07, 6.45) is 9.26. The molecule has 2 fully saturated rings. The van der Waals surface area contributed by atoms with Crippen LogP contribution in [0.1, 0.15) is 106 Å². The monoisotopic (exact) mass is 998 g/mol. The van der Waals surface area contributed by atoms with E-state index in [4.69, 9.17) is 30.8 Å². The highest BCUT2D eigenvalue weighted by molar-refractivity contribution is 7.17. The number of piperazine rings is 1. The van der Waals surface area contributed by atoms with Crippen molar-refractivity contribution in [1.29, 1.82) is 0 Å². The van der Waals surface area contributed by atoms with E-state index in [-0.39, 0.29) is 35.0 Å². The number of aromatic nitrogens is 3. The van der Waals surface area contributed by atoms with Crippen LogP contribution in [-0.4, -0.2) is 133 Å². The van der Waals surface area contributed by atoms with Gasteiger partial charge in [0, 0.05) is 57.6 Å². The van der Waals surface area contributed by atoms with Crippen molar-refractivity contribution < 1.29 is 38.2 Å². The van der Waals surface area contributed by atoms with Gasteiger partial charge in [-0.3, -0.25) is 33.8 Å². The summed E-state index contributed by atoms with van der Waals surface area (Å²) in [5.41, 5.74) is 2.60. The molecular weight excluding hydrogens is 936 g/mol. The van der Waals surface area contributed by atoms with Crippen molar-refractivity contribution in [2.45, 2.75) is 84.1 Å². The third-order valence-electron chi connectivity index (χ3n) is 12.2. The van der Waals surface area contributed by atoms with E-state index in [0.717, 1.165) is 94.1 Å². The highest BCUT2D eigenvalue weighted by atomic mass is 35.5. The Morgan fingerprint density at radius 1 is 0.843 bits per heavy atom. The maximum Gasteiger partial charge on any atom is 0.267 e. The van der Waals surface area contributed by atoms with Crippen LogP contribution in [0.5, 0.6) is 0 Å². The Labute approximate surface area is 417 Å². The number of thiazole rings is 1. The molecule has 0 bridgehead atoms.